The van der Waals surface area contributed by atoms with Crippen molar-refractivity contribution in [2.75, 3.05) is 5.32 Å². The molecule has 2 N–H and O–H groups in total. The van der Waals surface area contributed by atoms with Crippen molar-refractivity contribution in [2.24, 2.45) is 0 Å². The van der Waals surface area contributed by atoms with E-state index in [9.17, 15) is 14.0 Å². The van der Waals surface area contributed by atoms with Crippen molar-refractivity contribution >= 4 is 44.1 Å². The number of carbonyl (C=O) groups is 2. The van der Waals surface area contributed by atoms with Crippen LogP contribution in [0, 0.1) is 5.82 Å². The van der Waals surface area contributed by atoms with E-state index in [2.05, 4.69) is 21.2 Å². The van der Waals surface area contributed by atoms with Crippen molar-refractivity contribution in [3.05, 3.63) is 50.6 Å². The van der Waals surface area contributed by atoms with E-state index in [0.717, 1.165) is 4.88 Å². The molecule has 0 radical (unpaired) electrons. The molecule has 0 fully saturated rings. The number of halogens is 2. The Hall–Kier alpha value is -1.73. The van der Waals surface area contributed by atoms with E-state index in [1.165, 1.54) is 35.6 Å². The third-order valence-electron chi connectivity index (χ3n) is 2.79. The molecule has 1 amide bonds. The van der Waals surface area contributed by atoms with Gasteiger partial charge in [-0.3, -0.25) is 4.79 Å². The van der Waals surface area contributed by atoms with Crippen molar-refractivity contribution in [1.29, 1.82) is 0 Å². The second kappa shape index (κ2) is 6.36. The van der Waals surface area contributed by atoms with Gasteiger partial charge >= 0.3 is 5.97 Å². The summed E-state index contributed by atoms with van der Waals surface area (Å²) in [4.78, 5) is 24.1. The molecule has 0 saturated heterocycles. The molecular weight excluding hydrogens is 361 g/mol. The number of carbonyl (C=O) groups excluding carboxylic acids is 1. The quantitative estimate of drug-likeness (QED) is 0.847. The Morgan fingerprint density at radius 1 is 1.38 bits per heavy atom. The zero-order valence-corrected chi connectivity index (χ0v) is 13.3. The number of rotatable bonds is 4. The van der Waals surface area contributed by atoms with Gasteiger partial charge in [0, 0.05) is 4.88 Å². The highest BCUT2D eigenvalue weighted by molar-refractivity contribution is 9.10. The van der Waals surface area contributed by atoms with Crippen molar-refractivity contribution < 1.29 is 19.1 Å². The van der Waals surface area contributed by atoms with Crippen molar-refractivity contribution in [3.8, 4) is 0 Å². The zero-order valence-electron chi connectivity index (χ0n) is 10.9. The van der Waals surface area contributed by atoms with Crippen LogP contribution in [0.25, 0.3) is 0 Å². The number of thiophene rings is 1. The van der Waals surface area contributed by atoms with E-state index in [1.54, 1.807) is 0 Å². The number of anilines is 1. The van der Waals surface area contributed by atoms with Gasteiger partial charge in [0.15, 0.2) is 0 Å². The van der Waals surface area contributed by atoms with E-state index >= 15 is 0 Å². The number of aromatic carboxylic acids is 1. The van der Waals surface area contributed by atoms with Crippen molar-refractivity contribution in [2.45, 2.75) is 13.3 Å². The van der Waals surface area contributed by atoms with Crippen LogP contribution in [-0.4, -0.2) is 17.0 Å². The van der Waals surface area contributed by atoms with Crippen LogP contribution in [0.15, 0.2) is 28.7 Å². The second-order valence-electron chi connectivity index (χ2n) is 4.17. The first-order chi connectivity index (χ1) is 9.93. The van der Waals surface area contributed by atoms with Crippen LogP contribution in [-0.2, 0) is 6.42 Å². The predicted molar refractivity (Wildman–Crippen MR) is 82.7 cm³/mol. The molecule has 0 spiro atoms. The number of benzene rings is 1. The topological polar surface area (TPSA) is 66.4 Å². The number of hydrogen-bond donors (Lipinski definition) is 2. The van der Waals surface area contributed by atoms with Crippen molar-refractivity contribution in [1.82, 2.24) is 0 Å². The molecule has 0 aliphatic rings. The molecule has 1 aromatic carbocycles. The molecule has 1 heterocycles. The fraction of sp³-hybridized carbons (Fsp3) is 0.143. The van der Waals surface area contributed by atoms with Gasteiger partial charge < -0.3 is 10.4 Å². The van der Waals surface area contributed by atoms with E-state index in [-0.39, 0.29) is 20.6 Å². The van der Waals surface area contributed by atoms with Gasteiger partial charge in [0.25, 0.3) is 5.91 Å². The zero-order chi connectivity index (χ0) is 15.6. The number of nitrogens with one attached hydrogen (secondary N) is 1. The summed E-state index contributed by atoms with van der Waals surface area (Å²) < 4.78 is 14.0. The Kier molecular flexibility index (Phi) is 4.74. The molecular formula is C14H11BrFNO3S. The molecule has 2 aromatic rings. The third-order valence-corrected chi connectivity index (χ3v) is 4.59. The summed E-state index contributed by atoms with van der Waals surface area (Å²) in [5.74, 6) is -2.49. The molecule has 0 aliphatic carbocycles. The number of amides is 1. The van der Waals surface area contributed by atoms with Gasteiger partial charge in [-0.15, -0.1) is 11.3 Å². The van der Waals surface area contributed by atoms with Gasteiger partial charge in [0.2, 0.25) is 0 Å². The summed E-state index contributed by atoms with van der Waals surface area (Å²) in [6.45, 7) is 1.89. The number of carboxylic acids is 1. The highest BCUT2D eigenvalue weighted by atomic mass is 79.9. The monoisotopic (exact) mass is 371 g/mol. The smallest absolute Gasteiger partial charge is 0.338 e. The van der Waals surface area contributed by atoms with Crippen LogP contribution >= 0.6 is 27.3 Å². The van der Waals surface area contributed by atoms with Crippen LogP contribution in [0.5, 0.6) is 0 Å². The van der Waals surface area contributed by atoms with Gasteiger partial charge in [-0.05, 0) is 40.5 Å². The molecule has 1 aromatic heterocycles. The highest BCUT2D eigenvalue weighted by Crippen LogP contribution is 2.29. The maximum Gasteiger partial charge on any atom is 0.338 e. The lowest BCUT2D eigenvalue weighted by Crippen LogP contribution is -2.15. The lowest BCUT2D eigenvalue weighted by Gasteiger charge is -2.06. The number of carboxylic acid groups (broad SMARTS) is 1. The van der Waals surface area contributed by atoms with Crippen LogP contribution in [0.4, 0.5) is 9.39 Å². The Labute approximate surface area is 132 Å². The number of aryl methyl sites for hydroxylation is 1. The highest BCUT2D eigenvalue weighted by Gasteiger charge is 2.19. The molecule has 0 aliphatic heterocycles. The maximum atomic E-state index is 13.9. The molecule has 110 valence electrons. The molecule has 0 saturated carbocycles. The molecule has 7 heteroatoms. The summed E-state index contributed by atoms with van der Waals surface area (Å²) in [5, 5.41) is 11.8. The first-order valence-electron chi connectivity index (χ1n) is 6.05. The van der Waals surface area contributed by atoms with E-state index in [1.807, 2.05) is 6.92 Å². The Morgan fingerprint density at radius 2 is 2.10 bits per heavy atom. The first kappa shape index (κ1) is 15.7. The lowest BCUT2D eigenvalue weighted by molar-refractivity contribution is 0.0698. The average molecular weight is 372 g/mol. The maximum absolute atomic E-state index is 13.9. The first-order valence-corrected chi connectivity index (χ1v) is 7.66. The van der Waals surface area contributed by atoms with Gasteiger partial charge in [-0.1, -0.05) is 13.0 Å². The van der Waals surface area contributed by atoms with Crippen LogP contribution < -0.4 is 5.32 Å². The SMILES string of the molecule is CCc1cc(C(=O)O)c(NC(=O)c2cccc(Br)c2F)s1. The molecule has 0 bridgehead atoms. The summed E-state index contributed by atoms with van der Waals surface area (Å²) in [5.41, 5.74) is -0.132. The minimum absolute atomic E-state index is 0.0144. The number of hydrogen-bond acceptors (Lipinski definition) is 3. The van der Waals surface area contributed by atoms with Crippen LogP contribution in [0.3, 0.4) is 0 Å². The predicted octanol–water partition coefficient (Wildman–Crippen LogP) is 4.16. The Morgan fingerprint density at radius 3 is 2.71 bits per heavy atom. The summed E-state index contributed by atoms with van der Waals surface area (Å²) in [6.07, 6.45) is 0.659. The fourth-order valence-electron chi connectivity index (χ4n) is 1.72. The molecule has 2 rings (SSSR count). The lowest BCUT2D eigenvalue weighted by atomic mass is 10.2. The third kappa shape index (κ3) is 3.30. The fourth-order valence-corrected chi connectivity index (χ4v) is 3.07. The molecule has 0 unspecified atom stereocenters. The molecule has 0 atom stereocenters. The van der Waals surface area contributed by atoms with Gasteiger partial charge in [0.1, 0.15) is 10.8 Å². The van der Waals surface area contributed by atoms with Crippen LogP contribution in [0.1, 0.15) is 32.5 Å². The second-order valence-corrected chi connectivity index (χ2v) is 6.16. The largest absolute Gasteiger partial charge is 0.478 e. The summed E-state index contributed by atoms with van der Waals surface area (Å²) >= 11 is 4.18. The van der Waals surface area contributed by atoms with Gasteiger partial charge in [-0.2, -0.15) is 0 Å². The Bertz CT molecular complexity index is 714. The molecule has 21 heavy (non-hydrogen) atoms. The normalized spacial score (nSPS) is 10.4. The van der Waals surface area contributed by atoms with Crippen LogP contribution in [0.2, 0.25) is 0 Å². The van der Waals surface area contributed by atoms with Gasteiger partial charge in [0.05, 0.1) is 15.6 Å². The van der Waals surface area contributed by atoms with E-state index < -0.39 is 17.7 Å². The minimum atomic E-state index is -1.13. The van der Waals surface area contributed by atoms with Crippen molar-refractivity contribution in [3.63, 3.8) is 0 Å². The standard InChI is InChI=1S/C14H11BrFNO3S/c1-2-7-6-9(14(19)20)13(21-7)17-12(18)8-4-3-5-10(15)11(8)16/h3-6H,2H2,1H3,(H,17,18)(H,19,20). The summed E-state index contributed by atoms with van der Waals surface area (Å²) in [6, 6.07) is 5.87. The average Bonchev–Trinajstić information content (AvgIpc) is 2.85. The van der Waals surface area contributed by atoms with Gasteiger partial charge in [-0.25, -0.2) is 9.18 Å². The van der Waals surface area contributed by atoms with E-state index in [4.69, 9.17) is 5.11 Å². The minimum Gasteiger partial charge on any atom is -0.478 e. The molecule has 4 nitrogen and oxygen atoms in total. The Balaban J connectivity index is 2.33. The summed E-state index contributed by atoms with van der Waals surface area (Å²) in [7, 11) is 0. The van der Waals surface area contributed by atoms with E-state index in [0.29, 0.717) is 6.42 Å².